The third-order valence-corrected chi connectivity index (χ3v) is 5.53. The molecule has 1 amide bonds. The minimum absolute atomic E-state index is 0.125. The number of amides is 1. The van der Waals surface area contributed by atoms with Gasteiger partial charge in [0.1, 0.15) is 0 Å². The number of aryl methyl sites for hydroxylation is 1. The van der Waals surface area contributed by atoms with Gasteiger partial charge in [0.25, 0.3) is 0 Å². The second kappa shape index (κ2) is 7.21. The van der Waals surface area contributed by atoms with Crippen LogP contribution in [0.5, 0.6) is 0 Å². The minimum atomic E-state index is -3.41. The molecule has 1 saturated heterocycles. The number of hydrogen-bond donors (Lipinski definition) is 2. The van der Waals surface area contributed by atoms with E-state index in [1.54, 1.807) is 24.3 Å². The van der Waals surface area contributed by atoms with Crippen molar-refractivity contribution in [3.05, 3.63) is 29.8 Å². The van der Waals surface area contributed by atoms with Crippen molar-refractivity contribution in [2.24, 2.45) is 5.73 Å². The first-order valence-electron chi connectivity index (χ1n) is 7.50. The molecule has 1 aliphatic heterocycles. The van der Waals surface area contributed by atoms with Crippen LogP contribution in [0.2, 0.25) is 0 Å². The lowest BCUT2D eigenvalue weighted by molar-refractivity contribution is -0.131. The summed E-state index contributed by atoms with van der Waals surface area (Å²) in [5, 5.41) is 0. The third-order valence-electron chi connectivity index (χ3n) is 4.10. The standard InChI is InChI=1S/C15H23N3O3S/c1-17-22(20,21)14-7-4-12(5-8-14)6-9-15(19)18-10-2-3-13(18)11-16/h4-5,7-8,13,17H,2-3,6,9-11,16H2,1H3. The van der Waals surface area contributed by atoms with Crippen molar-refractivity contribution in [1.82, 2.24) is 9.62 Å². The van der Waals surface area contributed by atoms with Crippen molar-refractivity contribution in [2.45, 2.75) is 36.6 Å². The van der Waals surface area contributed by atoms with E-state index in [4.69, 9.17) is 5.73 Å². The van der Waals surface area contributed by atoms with Crippen LogP contribution >= 0.6 is 0 Å². The number of benzene rings is 1. The normalized spacial score (nSPS) is 18.6. The number of sulfonamides is 1. The monoisotopic (exact) mass is 325 g/mol. The maximum atomic E-state index is 12.2. The number of nitrogens with two attached hydrogens (primary N) is 1. The third kappa shape index (κ3) is 3.85. The molecule has 1 aromatic carbocycles. The number of rotatable bonds is 6. The Morgan fingerprint density at radius 3 is 2.64 bits per heavy atom. The molecule has 1 heterocycles. The van der Waals surface area contributed by atoms with Gasteiger partial charge in [0, 0.05) is 25.6 Å². The molecule has 6 nitrogen and oxygen atoms in total. The van der Waals surface area contributed by atoms with E-state index >= 15 is 0 Å². The second-order valence-corrected chi connectivity index (χ2v) is 7.36. The van der Waals surface area contributed by atoms with E-state index in [-0.39, 0.29) is 16.8 Å². The Balaban J connectivity index is 1.93. The molecular weight excluding hydrogens is 302 g/mol. The molecule has 122 valence electrons. The lowest BCUT2D eigenvalue weighted by Crippen LogP contribution is -2.39. The van der Waals surface area contributed by atoms with E-state index in [9.17, 15) is 13.2 Å². The van der Waals surface area contributed by atoms with E-state index in [0.29, 0.717) is 19.4 Å². The Morgan fingerprint density at radius 1 is 1.36 bits per heavy atom. The molecule has 0 radical (unpaired) electrons. The molecule has 3 N–H and O–H groups in total. The van der Waals surface area contributed by atoms with Crippen LogP contribution in [-0.2, 0) is 21.2 Å². The van der Waals surface area contributed by atoms with Crippen molar-refractivity contribution < 1.29 is 13.2 Å². The molecule has 1 unspecified atom stereocenters. The van der Waals surface area contributed by atoms with E-state index in [2.05, 4.69) is 4.72 Å². The number of carbonyl (C=O) groups excluding carboxylic acids is 1. The maximum absolute atomic E-state index is 12.2. The van der Waals surface area contributed by atoms with Gasteiger partial charge in [-0.15, -0.1) is 0 Å². The van der Waals surface area contributed by atoms with Gasteiger partial charge < -0.3 is 10.6 Å². The van der Waals surface area contributed by atoms with Gasteiger partial charge in [0.15, 0.2) is 0 Å². The van der Waals surface area contributed by atoms with Crippen molar-refractivity contribution in [3.8, 4) is 0 Å². The quantitative estimate of drug-likeness (QED) is 0.795. The molecule has 22 heavy (non-hydrogen) atoms. The molecule has 1 aromatic rings. The average Bonchev–Trinajstić information content (AvgIpc) is 3.01. The smallest absolute Gasteiger partial charge is 0.240 e. The lowest BCUT2D eigenvalue weighted by atomic mass is 10.1. The van der Waals surface area contributed by atoms with Crippen LogP contribution in [-0.4, -0.2) is 45.4 Å². The summed E-state index contributed by atoms with van der Waals surface area (Å²) in [4.78, 5) is 14.3. The summed E-state index contributed by atoms with van der Waals surface area (Å²) >= 11 is 0. The minimum Gasteiger partial charge on any atom is -0.338 e. The summed E-state index contributed by atoms with van der Waals surface area (Å²) in [5.41, 5.74) is 6.63. The molecule has 0 spiro atoms. The largest absolute Gasteiger partial charge is 0.338 e. The molecule has 1 aliphatic rings. The summed E-state index contributed by atoms with van der Waals surface area (Å²) in [7, 11) is -2.03. The van der Waals surface area contributed by atoms with Crippen molar-refractivity contribution in [2.75, 3.05) is 20.1 Å². The van der Waals surface area contributed by atoms with Gasteiger partial charge in [-0.1, -0.05) is 12.1 Å². The molecule has 0 aliphatic carbocycles. The Hall–Kier alpha value is -1.44. The van der Waals surface area contributed by atoms with Crippen LogP contribution in [0, 0.1) is 0 Å². The van der Waals surface area contributed by atoms with Gasteiger partial charge in [-0.3, -0.25) is 4.79 Å². The number of hydrogen-bond acceptors (Lipinski definition) is 4. The van der Waals surface area contributed by atoms with Crippen LogP contribution < -0.4 is 10.5 Å². The highest BCUT2D eigenvalue weighted by Crippen LogP contribution is 2.18. The van der Waals surface area contributed by atoms with Gasteiger partial charge >= 0.3 is 0 Å². The van der Waals surface area contributed by atoms with E-state index in [1.165, 1.54) is 7.05 Å². The molecule has 1 fully saturated rings. The SMILES string of the molecule is CNS(=O)(=O)c1ccc(CCC(=O)N2CCCC2CN)cc1. The van der Waals surface area contributed by atoms with E-state index < -0.39 is 10.0 Å². The van der Waals surface area contributed by atoms with E-state index in [0.717, 1.165) is 24.9 Å². The first-order chi connectivity index (χ1) is 10.5. The van der Waals surface area contributed by atoms with Gasteiger partial charge in [-0.25, -0.2) is 13.1 Å². The Labute approximate surface area is 131 Å². The number of carbonyl (C=O) groups is 1. The number of nitrogens with one attached hydrogen (secondary N) is 1. The predicted molar refractivity (Wildman–Crippen MR) is 84.8 cm³/mol. The van der Waals surface area contributed by atoms with Gasteiger partial charge in [-0.2, -0.15) is 0 Å². The first-order valence-corrected chi connectivity index (χ1v) is 8.98. The molecule has 7 heteroatoms. The van der Waals surface area contributed by atoms with Crippen LogP contribution in [0.1, 0.15) is 24.8 Å². The highest BCUT2D eigenvalue weighted by molar-refractivity contribution is 7.89. The summed E-state index contributed by atoms with van der Waals surface area (Å²) in [5.74, 6) is 0.125. The molecule has 0 saturated carbocycles. The van der Waals surface area contributed by atoms with Crippen molar-refractivity contribution in [1.29, 1.82) is 0 Å². The zero-order valence-electron chi connectivity index (χ0n) is 12.8. The number of nitrogens with zero attached hydrogens (tertiary/aromatic N) is 1. The molecule has 0 aromatic heterocycles. The Kier molecular flexibility index (Phi) is 5.55. The van der Waals surface area contributed by atoms with Crippen LogP contribution in [0.25, 0.3) is 0 Å². The summed E-state index contributed by atoms with van der Waals surface area (Å²) in [6.45, 7) is 1.31. The lowest BCUT2D eigenvalue weighted by Gasteiger charge is -2.23. The van der Waals surface area contributed by atoms with E-state index in [1.807, 2.05) is 4.90 Å². The number of likely N-dealkylation sites (tertiary alicyclic amines) is 1. The van der Waals surface area contributed by atoms with Crippen LogP contribution in [0.3, 0.4) is 0 Å². The summed E-state index contributed by atoms with van der Waals surface area (Å²) in [6, 6.07) is 6.80. The molecular formula is C15H23N3O3S. The average molecular weight is 325 g/mol. The molecule has 0 bridgehead atoms. The molecule has 2 rings (SSSR count). The summed E-state index contributed by atoms with van der Waals surface area (Å²) < 4.78 is 25.6. The topological polar surface area (TPSA) is 92.5 Å². The second-order valence-electron chi connectivity index (χ2n) is 5.47. The Morgan fingerprint density at radius 2 is 2.05 bits per heavy atom. The van der Waals surface area contributed by atoms with Crippen molar-refractivity contribution in [3.63, 3.8) is 0 Å². The highest BCUT2D eigenvalue weighted by Gasteiger charge is 2.26. The Bertz CT molecular complexity index is 613. The maximum Gasteiger partial charge on any atom is 0.240 e. The van der Waals surface area contributed by atoms with Gasteiger partial charge in [-0.05, 0) is 44.0 Å². The van der Waals surface area contributed by atoms with Gasteiger partial charge in [0.05, 0.1) is 4.90 Å². The van der Waals surface area contributed by atoms with Gasteiger partial charge in [0.2, 0.25) is 15.9 Å². The highest BCUT2D eigenvalue weighted by atomic mass is 32.2. The fourth-order valence-electron chi connectivity index (χ4n) is 2.76. The van der Waals surface area contributed by atoms with Crippen LogP contribution in [0.15, 0.2) is 29.2 Å². The van der Waals surface area contributed by atoms with Crippen molar-refractivity contribution >= 4 is 15.9 Å². The zero-order valence-corrected chi connectivity index (χ0v) is 13.6. The fraction of sp³-hybridized carbons (Fsp3) is 0.533. The fourth-order valence-corrected chi connectivity index (χ4v) is 3.49. The van der Waals surface area contributed by atoms with Crippen LogP contribution in [0.4, 0.5) is 0 Å². The zero-order chi connectivity index (χ0) is 16.2. The molecule has 1 atom stereocenters. The first kappa shape index (κ1) is 16.9. The predicted octanol–water partition coefficient (Wildman–Crippen LogP) is 0.477. The summed E-state index contributed by atoms with van der Waals surface area (Å²) in [6.07, 6.45) is 3.03.